The van der Waals surface area contributed by atoms with Crippen LogP contribution in [0.15, 0.2) is 78.9 Å². The molecule has 3 aromatic carbocycles. The van der Waals surface area contributed by atoms with Crippen molar-refractivity contribution >= 4 is 17.7 Å². The lowest BCUT2D eigenvalue weighted by molar-refractivity contribution is 0.0734. The number of aliphatic hydroxyl groups is 1. The average Bonchev–Trinajstić information content (AvgIpc) is 3.20. The molecule has 0 aliphatic carbocycles. The molecule has 1 aromatic heterocycles. The molecule has 1 heterocycles. The van der Waals surface area contributed by atoms with Crippen LogP contribution in [0.3, 0.4) is 0 Å². The largest absolute Gasteiger partial charge is 0.410 e. The molecule has 1 amide bonds. The number of aromatic nitrogens is 2. The van der Waals surface area contributed by atoms with Gasteiger partial charge in [0.2, 0.25) is 0 Å². The summed E-state index contributed by atoms with van der Waals surface area (Å²) in [5, 5.41) is 15.7. The Kier molecular flexibility index (Phi) is 5.74. The van der Waals surface area contributed by atoms with Gasteiger partial charge in [-0.2, -0.15) is 5.10 Å². The van der Waals surface area contributed by atoms with Gasteiger partial charge in [-0.3, -0.25) is 0 Å². The van der Waals surface area contributed by atoms with Crippen LogP contribution in [0.2, 0.25) is 5.02 Å². The molecule has 0 aliphatic rings. The van der Waals surface area contributed by atoms with Crippen LogP contribution in [0.25, 0.3) is 28.1 Å². The standard InChI is InChI=1S/C25H22ClN3O3/c1-25(2,31)23-15-22(29(28-23)21-9-4-3-8-20(21)26)17-12-10-16(11-13-17)18-6-5-7-19(14-18)32-24(27)30/h3-15,31H,1-2H3,(H2,27,30). The van der Waals surface area contributed by atoms with E-state index in [2.05, 4.69) is 5.10 Å². The predicted molar refractivity (Wildman–Crippen MR) is 125 cm³/mol. The molecule has 3 N–H and O–H groups in total. The normalized spacial score (nSPS) is 11.4. The number of carbonyl (C=O) groups is 1. The van der Waals surface area contributed by atoms with Crippen LogP contribution in [-0.2, 0) is 5.60 Å². The molecule has 162 valence electrons. The Bertz CT molecular complexity index is 1270. The monoisotopic (exact) mass is 447 g/mol. The highest BCUT2D eigenvalue weighted by Gasteiger charge is 2.23. The number of hydrogen-bond acceptors (Lipinski definition) is 4. The van der Waals surface area contributed by atoms with E-state index < -0.39 is 11.7 Å². The van der Waals surface area contributed by atoms with E-state index in [9.17, 15) is 9.90 Å². The summed E-state index contributed by atoms with van der Waals surface area (Å²) >= 11 is 6.43. The number of hydrogen-bond donors (Lipinski definition) is 2. The van der Waals surface area contributed by atoms with Crippen molar-refractivity contribution in [2.24, 2.45) is 5.73 Å². The quantitative estimate of drug-likeness (QED) is 0.420. The van der Waals surface area contributed by atoms with E-state index >= 15 is 0 Å². The summed E-state index contributed by atoms with van der Waals surface area (Å²) in [4.78, 5) is 11.0. The molecule has 7 heteroatoms. The van der Waals surface area contributed by atoms with Crippen LogP contribution in [0.4, 0.5) is 4.79 Å². The summed E-state index contributed by atoms with van der Waals surface area (Å²) in [6, 6.07) is 24.3. The molecule has 32 heavy (non-hydrogen) atoms. The number of carbonyl (C=O) groups excluding carboxylic acids is 1. The van der Waals surface area contributed by atoms with Gasteiger partial charge in [0.05, 0.1) is 22.1 Å². The third-order valence-corrected chi connectivity index (χ3v) is 5.30. The van der Waals surface area contributed by atoms with Gasteiger partial charge in [-0.25, -0.2) is 9.48 Å². The summed E-state index contributed by atoms with van der Waals surface area (Å²) in [5.41, 5.74) is 8.78. The first kappa shape index (κ1) is 21.6. The number of nitrogens with two attached hydrogens (primary N) is 1. The zero-order chi connectivity index (χ0) is 22.9. The summed E-state index contributed by atoms with van der Waals surface area (Å²) in [5.74, 6) is 0.380. The molecule has 0 aliphatic heterocycles. The fourth-order valence-electron chi connectivity index (χ4n) is 3.38. The maximum absolute atomic E-state index is 11.0. The van der Waals surface area contributed by atoms with Gasteiger partial charge < -0.3 is 15.6 Å². The van der Waals surface area contributed by atoms with Crippen molar-refractivity contribution in [3.05, 3.63) is 89.6 Å². The fraction of sp³-hybridized carbons (Fsp3) is 0.120. The molecular formula is C25H22ClN3O3. The average molecular weight is 448 g/mol. The van der Waals surface area contributed by atoms with Gasteiger partial charge in [-0.1, -0.05) is 60.1 Å². The van der Waals surface area contributed by atoms with Gasteiger partial charge in [0.15, 0.2) is 0 Å². The first-order valence-electron chi connectivity index (χ1n) is 9.98. The summed E-state index contributed by atoms with van der Waals surface area (Å²) in [7, 11) is 0. The van der Waals surface area contributed by atoms with E-state index in [1.54, 1.807) is 42.8 Å². The number of nitrogens with zero attached hydrogens (tertiary/aromatic N) is 2. The Balaban J connectivity index is 1.75. The number of halogens is 1. The third-order valence-electron chi connectivity index (χ3n) is 4.98. The Labute approximate surface area is 190 Å². The minimum atomic E-state index is -1.11. The highest BCUT2D eigenvalue weighted by Crippen LogP contribution is 2.32. The van der Waals surface area contributed by atoms with Crippen LogP contribution in [-0.4, -0.2) is 21.0 Å². The molecule has 0 bridgehead atoms. The second-order valence-corrected chi connectivity index (χ2v) is 8.27. The molecule has 4 aromatic rings. The number of benzene rings is 3. The molecule has 0 saturated carbocycles. The van der Waals surface area contributed by atoms with Gasteiger partial charge >= 0.3 is 6.09 Å². The SMILES string of the molecule is CC(C)(O)c1cc(-c2ccc(-c3cccc(OC(N)=O)c3)cc2)n(-c2ccccc2Cl)n1. The number of ether oxygens (including phenoxy) is 1. The van der Waals surface area contributed by atoms with Crippen molar-refractivity contribution < 1.29 is 14.6 Å². The highest BCUT2D eigenvalue weighted by molar-refractivity contribution is 6.32. The Morgan fingerprint density at radius 1 is 0.969 bits per heavy atom. The van der Waals surface area contributed by atoms with Crippen LogP contribution in [0, 0.1) is 0 Å². The van der Waals surface area contributed by atoms with Gasteiger partial charge in [-0.15, -0.1) is 0 Å². The summed E-state index contributed by atoms with van der Waals surface area (Å²) < 4.78 is 6.71. The fourth-order valence-corrected chi connectivity index (χ4v) is 3.60. The predicted octanol–water partition coefficient (Wildman–Crippen LogP) is 5.54. The lowest BCUT2D eigenvalue weighted by Crippen LogP contribution is -2.16. The van der Waals surface area contributed by atoms with Crippen molar-refractivity contribution in [3.8, 4) is 33.8 Å². The van der Waals surface area contributed by atoms with Crippen molar-refractivity contribution in [3.63, 3.8) is 0 Å². The molecule has 0 saturated heterocycles. The Morgan fingerprint density at radius 2 is 1.66 bits per heavy atom. The van der Waals surface area contributed by atoms with Crippen molar-refractivity contribution in [2.75, 3.05) is 0 Å². The molecule has 0 fully saturated rings. The van der Waals surface area contributed by atoms with Crippen LogP contribution >= 0.6 is 11.6 Å². The molecule has 4 rings (SSSR count). The second kappa shape index (κ2) is 8.49. The van der Waals surface area contributed by atoms with Crippen molar-refractivity contribution in [1.29, 1.82) is 0 Å². The second-order valence-electron chi connectivity index (χ2n) is 7.86. The molecule has 0 atom stereocenters. The number of primary amides is 1. The molecule has 0 unspecified atom stereocenters. The lowest BCUT2D eigenvalue weighted by Gasteiger charge is -2.13. The van der Waals surface area contributed by atoms with Crippen LogP contribution < -0.4 is 10.5 Å². The van der Waals surface area contributed by atoms with E-state index in [0.717, 1.165) is 28.1 Å². The molecule has 0 radical (unpaired) electrons. The van der Waals surface area contributed by atoms with E-state index in [-0.39, 0.29) is 0 Å². The smallest absolute Gasteiger partial charge is 0.409 e. The van der Waals surface area contributed by atoms with E-state index in [0.29, 0.717) is 16.5 Å². The number of para-hydroxylation sites is 1. The van der Waals surface area contributed by atoms with Gasteiger partial charge in [0.1, 0.15) is 11.4 Å². The van der Waals surface area contributed by atoms with E-state index in [1.165, 1.54) is 0 Å². The van der Waals surface area contributed by atoms with Crippen molar-refractivity contribution in [1.82, 2.24) is 9.78 Å². The zero-order valence-corrected chi connectivity index (χ0v) is 18.4. The summed E-state index contributed by atoms with van der Waals surface area (Å²) in [6.45, 7) is 3.39. The third kappa shape index (κ3) is 4.51. The maximum Gasteiger partial charge on any atom is 0.409 e. The maximum atomic E-state index is 11.0. The molecular weight excluding hydrogens is 426 g/mol. The minimum absolute atomic E-state index is 0.380. The molecule has 0 spiro atoms. The number of rotatable bonds is 5. The van der Waals surface area contributed by atoms with Crippen LogP contribution in [0.5, 0.6) is 5.75 Å². The first-order valence-corrected chi connectivity index (χ1v) is 10.4. The lowest BCUT2D eigenvalue weighted by atomic mass is 10.0. The molecule has 6 nitrogen and oxygen atoms in total. The van der Waals surface area contributed by atoms with Gasteiger partial charge in [0.25, 0.3) is 0 Å². The van der Waals surface area contributed by atoms with E-state index in [1.807, 2.05) is 54.6 Å². The van der Waals surface area contributed by atoms with E-state index in [4.69, 9.17) is 22.1 Å². The Hall–Kier alpha value is -3.61. The van der Waals surface area contributed by atoms with Crippen molar-refractivity contribution in [2.45, 2.75) is 19.4 Å². The number of amides is 1. The van der Waals surface area contributed by atoms with Gasteiger partial charge in [-0.05, 0) is 55.3 Å². The van der Waals surface area contributed by atoms with Crippen LogP contribution in [0.1, 0.15) is 19.5 Å². The highest BCUT2D eigenvalue weighted by atomic mass is 35.5. The minimum Gasteiger partial charge on any atom is -0.410 e. The van der Waals surface area contributed by atoms with Gasteiger partial charge in [0, 0.05) is 5.56 Å². The summed E-state index contributed by atoms with van der Waals surface area (Å²) in [6.07, 6.45) is -0.854. The first-order chi connectivity index (χ1) is 15.2. The topological polar surface area (TPSA) is 90.4 Å². The zero-order valence-electron chi connectivity index (χ0n) is 17.6. The Morgan fingerprint density at radius 3 is 2.31 bits per heavy atom.